The minimum atomic E-state index is -3.40. The smallest absolute Gasteiger partial charge is 0.200 e. The van der Waals surface area contributed by atoms with Crippen molar-refractivity contribution in [1.82, 2.24) is 0 Å². The maximum atomic E-state index is 12.3. The highest BCUT2D eigenvalue weighted by Gasteiger charge is 2.12. The predicted molar refractivity (Wildman–Crippen MR) is 91.5 cm³/mol. The lowest BCUT2D eigenvalue weighted by Crippen LogP contribution is -1.97. The number of benzene rings is 2. The lowest BCUT2D eigenvalue weighted by molar-refractivity contribution is 0.605. The summed E-state index contributed by atoms with van der Waals surface area (Å²) in [5.74, 6) is 0. The molecule has 0 aromatic heterocycles. The van der Waals surface area contributed by atoms with E-state index in [-0.39, 0.29) is 0 Å². The van der Waals surface area contributed by atoms with Crippen LogP contribution in [-0.4, -0.2) is 8.42 Å². The fraction of sp³-hybridized carbons (Fsp3) is 0.125. The number of hydrogen-bond acceptors (Lipinski definition) is 2. The molecule has 0 heterocycles. The van der Waals surface area contributed by atoms with Crippen LogP contribution >= 0.6 is 22.6 Å². The topological polar surface area (TPSA) is 34.1 Å². The Balaban J connectivity index is 2.37. The van der Waals surface area contributed by atoms with Crippen LogP contribution in [0.3, 0.4) is 0 Å². The van der Waals surface area contributed by atoms with Crippen molar-refractivity contribution < 1.29 is 8.42 Å². The standard InChI is InChI=1S/C16H15IO2S/c1-12-3-7-14(8-4-12)16(17)11-20(18,19)15-9-5-13(2)6-10-15/h3-11H,1-2H3/b16-11+. The zero-order chi connectivity index (χ0) is 14.8. The van der Waals surface area contributed by atoms with Crippen LogP contribution in [-0.2, 0) is 9.84 Å². The molecule has 0 unspecified atom stereocenters. The van der Waals surface area contributed by atoms with E-state index >= 15 is 0 Å². The third-order valence-corrected chi connectivity index (χ3v) is 5.77. The van der Waals surface area contributed by atoms with Crippen LogP contribution in [0.1, 0.15) is 16.7 Å². The Morgan fingerprint density at radius 1 is 0.900 bits per heavy atom. The zero-order valence-corrected chi connectivity index (χ0v) is 14.3. The molecule has 0 aliphatic carbocycles. The van der Waals surface area contributed by atoms with E-state index in [0.29, 0.717) is 8.48 Å². The maximum absolute atomic E-state index is 12.3. The van der Waals surface area contributed by atoms with Gasteiger partial charge in [0, 0.05) is 8.99 Å². The fourth-order valence-electron chi connectivity index (χ4n) is 1.71. The van der Waals surface area contributed by atoms with E-state index in [1.807, 2.05) is 38.1 Å². The van der Waals surface area contributed by atoms with Gasteiger partial charge in [0.2, 0.25) is 9.84 Å². The molecule has 0 N–H and O–H groups in total. The predicted octanol–water partition coefficient (Wildman–Crippen LogP) is 4.51. The van der Waals surface area contributed by atoms with E-state index < -0.39 is 9.84 Å². The van der Waals surface area contributed by atoms with Gasteiger partial charge in [0.15, 0.2) is 0 Å². The van der Waals surface area contributed by atoms with E-state index in [1.165, 1.54) is 5.41 Å². The largest absolute Gasteiger partial charge is 0.219 e. The first-order valence-electron chi connectivity index (χ1n) is 6.14. The summed E-state index contributed by atoms with van der Waals surface area (Å²) >= 11 is 2.06. The second-order valence-electron chi connectivity index (χ2n) is 4.69. The lowest BCUT2D eigenvalue weighted by atomic mass is 10.1. The SMILES string of the molecule is Cc1ccc(/C(I)=C\S(=O)(=O)c2ccc(C)cc2)cc1. The van der Waals surface area contributed by atoms with E-state index in [1.54, 1.807) is 24.3 Å². The molecule has 0 amide bonds. The van der Waals surface area contributed by atoms with Gasteiger partial charge in [-0.3, -0.25) is 0 Å². The van der Waals surface area contributed by atoms with Gasteiger partial charge in [-0.2, -0.15) is 0 Å². The van der Waals surface area contributed by atoms with Gasteiger partial charge in [-0.1, -0.05) is 47.5 Å². The van der Waals surface area contributed by atoms with Gasteiger partial charge in [0.25, 0.3) is 0 Å². The van der Waals surface area contributed by atoms with Crippen molar-refractivity contribution in [1.29, 1.82) is 0 Å². The van der Waals surface area contributed by atoms with Crippen molar-refractivity contribution in [2.75, 3.05) is 0 Å². The first kappa shape index (κ1) is 15.3. The molecule has 0 radical (unpaired) electrons. The Morgan fingerprint density at radius 3 is 1.85 bits per heavy atom. The van der Waals surface area contributed by atoms with Crippen LogP contribution in [0.4, 0.5) is 0 Å². The summed E-state index contributed by atoms with van der Waals surface area (Å²) in [6.07, 6.45) is 0. The molecule has 0 bridgehead atoms. The molecule has 0 aliphatic rings. The molecule has 0 atom stereocenters. The van der Waals surface area contributed by atoms with Crippen LogP contribution < -0.4 is 0 Å². The second-order valence-corrected chi connectivity index (χ2v) is 7.65. The molecule has 0 saturated carbocycles. The van der Waals surface area contributed by atoms with Crippen LogP contribution in [0.5, 0.6) is 0 Å². The quantitative estimate of drug-likeness (QED) is 0.713. The van der Waals surface area contributed by atoms with E-state index in [2.05, 4.69) is 22.6 Å². The Kier molecular flexibility index (Phi) is 4.65. The number of aryl methyl sites for hydroxylation is 2. The van der Waals surface area contributed by atoms with Crippen LogP contribution in [0.15, 0.2) is 58.8 Å². The van der Waals surface area contributed by atoms with Gasteiger partial charge in [-0.15, -0.1) is 0 Å². The fourth-order valence-corrected chi connectivity index (χ4v) is 4.14. The normalized spacial score (nSPS) is 12.4. The van der Waals surface area contributed by atoms with Crippen molar-refractivity contribution in [2.45, 2.75) is 18.7 Å². The monoisotopic (exact) mass is 398 g/mol. The van der Waals surface area contributed by atoms with Gasteiger partial charge < -0.3 is 0 Å². The van der Waals surface area contributed by atoms with Crippen molar-refractivity contribution >= 4 is 36.0 Å². The summed E-state index contributed by atoms with van der Waals surface area (Å²) in [5, 5.41) is 1.32. The van der Waals surface area contributed by atoms with Crippen molar-refractivity contribution in [3.63, 3.8) is 0 Å². The molecule has 104 valence electrons. The van der Waals surface area contributed by atoms with Crippen LogP contribution in [0.2, 0.25) is 0 Å². The molecular weight excluding hydrogens is 383 g/mol. The Labute approximate surface area is 133 Å². The van der Waals surface area contributed by atoms with Gasteiger partial charge >= 0.3 is 0 Å². The third-order valence-electron chi connectivity index (χ3n) is 2.94. The maximum Gasteiger partial charge on any atom is 0.200 e. The molecule has 0 fully saturated rings. The molecule has 0 aliphatic heterocycles. The summed E-state index contributed by atoms with van der Waals surface area (Å²) in [6, 6.07) is 14.7. The summed E-state index contributed by atoms with van der Waals surface area (Å²) < 4.78 is 25.3. The minimum Gasteiger partial charge on any atom is -0.219 e. The van der Waals surface area contributed by atoms with Gasteiger partial charge in [-0.05, 0) is 54.1 Å². The number of rotatable bonds is 3. The summed E-state index contributed by atoms with van der Waals surface area (Å²) in [7, 11) is -3.40. The number of halogens is 1. The van der Waals surface area contributed by atoms with E-state index in [4.69, 9.17) is 0 Å². The van der Waals surface area contributed by atoms with Gasteiger partial charge in [-0.25, -0.2) is 8.42 Å². The van der Waals surface area contributed by atoms with Crippen LogP contribution in [0.25, 0.3) is 3.58 Å². The molecule has 2 rings (SSSR count). The Morgan fingerprint density at radius 2 is 1.35 bits per heavy atom. The number of sulfone groups is 1. The molecule has 0 saturated heterocycles. The van der Waals surface area contributed by atoms with Gasteiger partial charge in [0.05, 0.1) is 4.90 Å². The Hall–Kier alpha value is -1.14. The average molecular weight is 398 g/mol. The van der Waals surface area contributed by atoms with Gasteiger partial charge in [0.1, 0.15) is 0 Å². The second kappa shape index (κ2) is 6.10. The third kappa shape index (κ3) is 3.70. The van der Waals surface area contributed by atoms with E-state index in [0.717, 1.165) is 16.7 Å². The minimum absolute atomic E-state index is 0.323. The molecular formula is C16H15IO2S. The van der Waals surface area contributed by atoms with Crippen LogP contribution in [0, 0.1) is 13.8 Å². The number of hydrogen-bond donors (Lipinski definition) is 0. The van der Waals surface area contributed by atoms with Crippen molar-refractivity contribution in [3.05, 3.63) is 70.6 Å². The first-order chi connectivity index (χ1) is 9.38. The summed E-state index contributed by atoms with van der Waals surface area (Å²) in [4.78, 5) is 0.323. The zero-order valence-electron chi connectivity index (χ0n) is 11.3. The lowest BCUT2D eigenvalue weighted by Gasteiger charge is -2.03. The average Bonchev–Trinajstić information content (AvgIpc) is 2.39. The summed E-state index contributed by atoms with van der Waals surface area (Å²) in [6.45, 7) is 3.94. The highest BCUT2D eigenvalue weighted by molar-refractivity contribution is 14.1. The molecule has 20 heavy (non-hydrogen) atoms. The molecule has 2 aromatic carbocycles. The molecule has 4 heteroatoms. The molecule has 2 aromatic rings. The first-order valence-corrected chi connectivity index (χ1v) is 8.77. The summed E-state index contributed by atoms with van der Waals surface area (Å²) in [5.41, 5.74) is 3.10. The van der Waals surface area contributed by atoms with Crippen molar-refractivity contribution in [3.8, 4) is 0 Å². The molecule has 2 nitrogen and oxygen atoms in total. The van der Waals surface area contributed by atoms with Crippen molar-refractivity contribution in [2.24, 2.45) is 0 Å². The highest BCUT2D eigenvalue weighted by Crippen LogP contribution is 2.26. The molecule has 0 spiro atoms. The highest BCUT2D eigenvalue weighted by atomic mass is 127. The van der Waals surface area contributed by atoms with E-state index in [9.17, 15) is 8.42 Å². The Bertz CT molecular complexity index is 727.